The number of carbonyl (C=O) groups is 1. The summed E-state index contributed by atoms with van der Waals surface area (Å²) >= 11 is 0. The first-order valence-corrected chi connectivity index (χ1v) is 6.47. The predicted octanol–water partition coefficient (Wildman–Crippen LogP) is 3.11. The second-order valence-electron chi connectivity index (χ2n) is 5.22. The van der Waals surface area contributed by atoms with Gasteiger partial charge in [-0.25, -0.2) is 4.79 Å². The van der Waals surface area contributed by atoms with E-state index >= 15 is 0 Å². The van der Waals surface area contributed by atoms with E-state index in [1.165, 1.54) is 5.56 Å². The minimum absolute atomic E-state index is 0.0659. The van der Waals surface area contributed by atoms with E-state index in [0.717, 1.165) is 0 Å². The van der Waals surface area contributed by atoms with Crippen LogP contribution in [0.15, 0.2) is 24.3 Å². The van der Waals surface area contributed by atoms with Gasteiger partial charge in [-0.15, -0.1) is 0 Å². The van der Waals surface area contributed by atoms with Crippen molar-refractivity contribution >= 4 is 5.97 Å². The Morgan fingerprint density at radius 3 is 2.26 bits per heavy atom. The Morgan fingerprint density at radius 2 is 1.74 bits per heavy atom. The van der Waals surface area contributed by atoms with Crippen molar-refractivity contribution in [2.75, 3.05) is 19.8 Å². The van der Waals surface area contributed by atoms with Crippen LogP contribution in [0.1, 0.15) is 43.6 Å². The highest BCUT2D eigenvalue weighted by atomic mass is 17.2. The Bertz CT molecular complexity index is 390. The second kappa shape index (κ2) is 7.26. The van der Waals surface area contributed by atoms with E-state index in [4.69, 9.17) is 9.62 Å². The number of benzene rings is 1. The molecule has 0 aliphatic carbocycles. The average molecular weight is 266 g/mol. The summed E-state index contributed by atoms with van der Waals surface area (Å²) in [4.78, 5) is 21.1. The fourth-order valence-electron chi connectivity index (χ4n) is 1.49. The third kappa shape index (κ3) is 5.41. The molecule has 1 aromatic rings. The smallest absolute Gasteiger partial charge is 0.373 e. The van der Waals surface area contributed by atoms with Crippen LogP contribution < -0.4 is 0 Å². The largest absolute Gasteiger partial charge is 0.379 e. The van der Waals surface area contributed by atoms with Gasteiger partial charge in [-0.3, -0.25) is 4.89 Å². The molecule has 4 nitrogen and oxygen atoms in total. The summed E-state index contributed by atoms with van der Waals surface area (Å²) < 4.78 is 5.06. The van der Waals surface area contributed by atoms with Crippen LogP contribution in [-0.4, -0.2) is 25.8 Å². The van der Waals surface area contributed by atoms with E-state index in [1.54, 1.807) is 12.1 Å². The predicted molar refractivity (Wildman–Crippen MR) is 73.0 cm³/mol. The van der Waals surface area contributed by atoms with Crippen LogP contribution in [0.4, 0.5) is 0 Å². The van der Waals surface area contributed by atoms with Crippen molar-refractivity contribution in [3.05, 3.63) is 35.4 Å². The number of hydrogen-bond donors (Lipinski definition) is 0. The van der Waals surface area contributed by atoms with Gasteiger partial charge < -0.3 is 4.74 Å². The van der Waals surface area contributed by atoms with Crippen molar-refractivity contribution in [1.82, 2.24) is 0 Å². The van der Waals surface area contributed by atoms with Gasteiger partial charge in [0.15, 0.2) is 0 Å². The molecule has 0 heterocycles. The van der Waals surface area contributed by atoms with Crippen LogP contribution in [0.3, 0.4) is 0 Å². The SMILES string of the molecule is CCOCCOOC(=O)c1ccc(C(C)(C)C)cc1. The molecule has 0 bridgehead atoms. The summed E-state index contributed by atoms with van der Waals surface area (Å²) in [6.07, 6.45) is 0. The molecule has 1 rings (SSSR count). The lowest BCUT2D eigenvalue weighted by molar-refractivity contribution is -0.247. The number of ether oxygens (including phenoxy) is 1. The van der Waals surface area contributed by atoms with E-state index in [9.17, 15) is 4.79 Å². The van der Waals surface area contributed by atoms with Crippen molar-refractivity contribution in [3.8, 4) is 0 Å². The molecule has 0 atom stereocenters. The van der Waals surface area contributed by atoms with E-state index in [2.05, 4.69) is 25.7 Å². The highest BCUT2D eigenvalue weighted by molar-refractivity contribution is 5.88. The summed E-state index contributed by atoms with van der Waals surface area (Å²) in [7, 11) is 0. The molecule has 4 heteroatoms. The van der Waals surface area contributed by atoms with Crippen LogP contribution in [-0.2, 0) is 19.9 Å². The van der Waals surface area contributed by atoms with Crippen LogP contribution in [0.25, 0.3) is 0 Å². The van der Waals surface area contributed by atoms with Gasteiger partial charge >= 0.3 is 5.97 Å². The highest BCUT2D eigenvalue weighted by Crippen LogP contribution is 2.22. The molecule has 0 amide bonds. The maximum atomic E-state index is 11.7. The van der Waals surface area contributed by atoms with Crippen molar-refractivity contribution in [3.63, 3.8) is 0 Å². The Morgan fingerprint density at radius 1 is 1.11 bits per heavy atom. The normalized spacial score (nSPS) is 11.4. The molecular weight excluding hydrogens is 244 g/mol. The first kappa shape index (κ1) is 15.7. The zero-order valence-electron chi connectivity index (χ0n) is 12.1. The lowest BCUT2D eigenvalue weighted by Gasteiger charge is -2.18. The molecule has 0 fully saturated rings. The molecule has 106 valence electrons. The van der Waals surface area contributed by atoms with Gasteiger partial charge in [-0.1, -0.05) is 32.9 Å². The van der Waals surface area contributed by atoms with Crippen LogP contribution in [0, 0.1) is 0 Å². The maximum Gasteiger partial charge on any atom is 0.373 e. The second-order valence-corrected chi connectivity index (χ2v) is 5.22. The zero-order chi connectivity index (χ0) is 14.3. The summed E-state index contributed by atoms with van der Waals surface area (Å²) in [5, 5.41) is 0. The number of rotatable bonds is 6. The fourth-order valence-corrected chi connectivity index (χ4v) is 1.49. The van der Waals surface area contributed by atoms with Crippen molar-refractivity contribution < 1.29 is 19.3 Å². The van der Waals surface area contributed by atoms with Gasteiger partial charge in [0, 0.05) is 6.61 Å². The topological polar surface area (TPSA) is 44.8 Å². The highest BCUT2D eigenvalue weighted by Gasteiger charge is 2.15. The first-order valence-electron chi connectivity index (χ1n) is 6.47. The molecule has 19 heavy (non-hydrogen) atoms. The molecule has 0 saturated heterocycles. The standard InChI is InChI=1S/C15H22O4/c1-5-17-10-11-18-19-14(16)12-6-8-13(9-7-12)15(2,3)4/h6-9H,5,10-11H2,1-4H3. The molecule has 0 N–H and O–H groups in total. The van der Waals surface area contributed by atoms with E-state index in [1.807, 2.05) is 19.1 Å². The zero-order valence-corrected chi connectivity index (χ0v) is 12.1. The molecule has 1 aromatic carbocycles. The van der Waals surface area contributed by atoms with Crippen molar-refractivity contribution in [1.29, 1.82) is 0 Å². The third-order valence-electron chi connectivity index (χ3n) is 2.64. The summed E-state index contributed by atoms with van der Waals surface area (Å²) in [5.74, 6) is -0.489. The van der Waals surface area contributed by atoms with Gasteiger partial charge in [-0.2, -0.15) is 4.89 Å². The Balaban J connectivity index is 2.45. The van der Waals surface area contributed by atoms with Crippen molar-refractivity contribution in [2.24, 2.45) is 0 Å². The number of carbonyl (C=O) groups excluding carboxylic acids is 1. The Hall–Kier alpha value is -1.39. The van der Waals surface area contributed by atoms with Crippen LogP contribution >= 0.6 is 0 Å². The lowest BCUT2D eigenvalue weighted by atomic mass is 9.87. The van der Waals surface area contributed by atoms with E-state index in [0.29, 0.717) is 18.8 Å². The van der Waals surface area contributed by atoms with Crippen LogP contribution in [0.5, 0.6) is 0 Å². The molecule has 0 saturated carbocycles. The maximum absolute atomic E-state index is 11.7. The molecule has 0 aliphatic rings. The molecule has 0 radical (unpaired) electrons. The third-order valence-corrected chi connectivity index (χ3v) is 2.64. The summed E-state index contributed by atoms with van der Waals surface area (Å²) in [5.41, 5.74) is 1.71. The quantitative estimate of drug-likeness (QED) is 0.451. The molecule has 0 aromatic heterocycles. The first-order chi connectivity index (χ1) is 8.95. The van der Waals surface area contributed by atoms with Gasteiger partial charge in [0.1, 0.15) is 6.61 Å². The van der Waals surface area contributed by atoms with Crippen LogP contribution in [0.2, 0.25) is 0 Å². The monoisotopic (exact) mass is 266 g/mol. The summed E-state index contributed by atoms with van der Waals surface area (Å²) in [6.45, 7) is 9.52. The van der Waals surface area contributed by atoms with Gasteiger partial charge in [-0.05, 0) is 30.0 Å². The molecule has 0 unspecified atom stereocenters. The summed E-state index contributed by atoms with van der Waals surface area (Å²) in [6, 6.07) is 7.34. The van der Waals surface area contributed by atoms with E-state index < -0.39 is 5.97 Å². The van der Waals surface area contributed by atoms with Gasteiger partial charge in [0.25, 0.3) is 0 Å². The molecular formula is C15H22O4. The Kier molecular flexibility index (Phi) is 5.99. The minimum Gasteiger partial charge on any atom is -0.379 e. The number of hydrogen-bond acceptors (Lipinski definition) is 4. The fraction of sp³-hybridized carbons (Fsp3) is 0.533. The lowest BCUT2D eigenvalue weighted by Crippen LogP contribution is -2.13. The van der Waals surface area contributed by atoms with E-state index in [-0.39, 0.29) is 12.0 Å². The molecule has 0 spiro atoms. The average Bonchev–Trinajstić information content (AvgIpc) is 2.37. The Labute approximate surface area is 114 Å². The molecule has 0 aliphatic heterocycles. The van der Waals surface area contributed by atoms with Gasteiger partial charge in [0.2, 0.25) is 0 Å². The van der Waals surface area contributed by atoms with Crippen molar-refractivity contribution in [2.45, 2.75) is 33.1 Å². The minimum atomic E-state index is -0.489. The van der Waals surface area contributed by atoms with Gasteiger partial charge in [0.05, 0.1) is 12.2 Å².